The number of aryl methyl sites for hydroxylation is 1. The van der Waals surface area contributed by atoms with Crippen LogP contribution >= 0.6 is 0 Å². The number of rotatable bonds is 3. The summed E-state index contributed by atoms with van der Waals surface area (Å²) >= 11 is 0. The molecule has 0 bridgehead atoms. The average Bonchev–Trinajstić information content (AvgIpc) is 2.83. The second-order valence-corrected chi connectivity index (χ2v) is 6.39. The first-order chi connectivity index (χ1) is 10.6. The molecule has 0 spiro atoms. The van der Waals surface area contributed by atoms with Gasteiger partial charge in [0.05, 0.1) is 6.42 Å². The van der Waals surface area contributed by atoms with Gasteiger partial charge in [-0.2, -0.15) is 0 Å². The normalized spacial score (nSPS) is 16.1. The third kappa shape index (κ3) is 2.87. The van der Waals surface area contributed by atoms with E-state index in [4.69, 9.17) is 0 Å². The standard InChI is InChI=1S/C18H23FN2O/c1-12-15(16-10-13(19)8-9-17(16)20-12)11-18(22)21(2)14-6-4-3-5-7-14/h8-10,14,20H,3-7,11H2,1-2H3. The molecule has 2 aromatic rings. The van der Waals surface area contributed by atoms with E-state index >= 15 is 0 Å². The maximum absolute atomic E-state index is 13.5. The summed E-state index contributed by atoms with van der Waals surface area (Å²) in [4.78, 5) is 17.7. The predicted octanol–water partition coefficient (Wildman–Crippen LogP) is 3.95. The summed E-state index contributed by atoms with van der Waals surface area (Å²) in [5.41, 5.74) is 2.76. The Balaban J connectivity index is 1.81. The molecular formula is C18H23FN2O. The SMILES string of the molecule is Cc1[nH]c2ccc(F)cc2c1CC(=O)N(C)C1CCCCC1. The Hall–Kier alpha value is -1.84. The molecule has 1 heterocycles. The molecule has 118 valence electrons. The number of aromatic amines is 1. The van der Waals surface area contributed by atoms with Crippen LogP contribution in [0.3, 0.4) is 0 Å². The van der Waals surface area contributed by atoms with Crippen molar-refractivity contribution in [3.05, 3.63) is 35.3 Å². The van der Waals surface area contributed by atoms with E-state index in [9.17, 15) is 9.18 Å². The third-order valence-electron chi connectivity index (χ3n) is 4.93. The molecule has 1 aliphatic rings. The van der Waals surface area contributed by atoms with Crippen LogP contribution in [0, 0.1) is 12.7 Å². The molecule has 1 aliphatic carbocycles. The predicted molar refractivity (Wildman–Crippen MR) is 86.3 cm³/mol. The number of fused-ring (bicyclic) bond motifs is 1. The number of likely N-dealkylation sites (N-methyl/N-ethyl adjacent to an activating group) is 1. The molecule has 1 amide bonds. The smallest absolute Gasteiger partial charge is 0.227 e. The van der Waals surface area contributed by atoms with Crippen molar-refractivity contribution in [2.45, 2.75) is 51.5 Å². The minimum absolute atomic E-state index is 0.125. The molecule has 0 radical (unpaired) electrons. The van der Waals surface area contributed by atoms with Gasteiger partial charge < -0.3 is 9.88 Å². The van der Waals surface area contributed by atoms with Crippen LogP contribution in [-0.4, -0.2) is 28.9 Å². The molecule has 1 N–H and O–H groups in total. The third-order valence-corrected chi connectivity index (χ3v) is 4.93. The van der Waals surface area contributed by atoms with Gasteiger partial charge in [-0.25, -0.2) is 4.39 Å². The molecule has 1 aromatic heterocycles. The lowest BCUT2D eigenvalue weighted by Gasteiger charge is -2.31. The second kappa shape index (κ2) is 6.11. The number of hydrogen-bond acceptors (Lipinski definition) is 1. The Morgan fingerprint density at radius 1 is 1.32 bits per heavy atom. The van der Waals surface area contributed by atoms with Crippen LogP contribution in [0.15, 0.2) is 18.2 Å². The summed E-state index contributed by atoms with van der Waals surface area (Å²) in [5.74, 6) is -0.138. The Morgan fingerprint density at radius 2 is 2.05 bits per heavy atom. The number of nitrogens with zero attached hydrogens (tertiary/aromatic N) is 1. The van der Waals surface area contributed by atoms with Crippen molar-refractivity contribution in [1.82, 2.24) is 9.88 Å². The molecule has 1 fully saturated rings. The highest BCUT2D eigenvalue weighted by atomic mass is 19.1. The molecule has 22 heavy (non-hydrogen) atoms. The number of amides is 1. The minimum atomic E-state index is -0.263. The van der Waals surface area contributed by atoms with Gasteiger partial charge in [0, 0.05) is 29.7 Å². The fraction of sp³-hybridized carbons (Fsp3) is 0.500. The van der Waals surface area contributed by atoms with Gasteiger partial charge >= 0.3 is 0 Å². The topological polar surface area (TPSA) is 36.1 Å². The van der Waals surface area contributed by atoms with E-state index in [1.54, 1.807) is 6.07 Å². The van der Waals surface area contributed by atoms with Gasteiger partial charge in [0.15, 0.2) is 0 Å². The number of aromatic nitrogens is 1. The summed E-state index contributed by atoms with van der Waals surface area (Å²) in [6.07, 6.45) is 6.23. The fourth-order valence-electron chi connectivity index (χ4n) is 3.53. The molecular weight excluding hydrogens is 279 g/mol. The first kappa shape index (κ1) is 15.1. The van der Waals surface area contributed by atoms with Gasteiger partial charge in [-0.3, -0.25) is 4.79 Å². The number of halogens is 1. The van der Waals surface area contributed by atoms with E-state index in [2.05, 4.69) is 4.98 Å². The van der Waals surface area contributed by atoms with E-state index in [1.165, 1.54) is 31.4 Å². The number of hydrogen-bond donors (Lipinski definition) is 1. The van der Waals surface area contributed by atoms with Gasteiger partial charge in [-0.1, -0.05) is 19.3 Å². The van der Waals surface area contributed by atoms with Crippen molar-refractivity contribution in [2.24, 2.45) is 0 Å². The van der Waals surface area contributed by atoms with Crippen molar-refractivity contribution in [2.75, 3.05) is 7.05 Å². The Morgan fingerprint density at radius 3 is 2.77 bits per heavy atom. The van der Waals surface area contributed by atoms with Crippen LogP contribution in [0.5, 0.6) is 0 Å². The van der Waals surface area contributed by atoms with Crippen molar-refractivity contribution in [1.29, 1.82) is 0 Å². The Bertz CT molecular complexity index is 686. The summed E-state index contributed by atoms with van der Waals surface area (Å²) in [7, 11) is 1.91. The lowest BCUT2D eigenvalue weighted by molar-refractivity contribution is -0.131. The van der Waals surface area contributed by atoms with Crippen molar-refractivity contribution < 1.29 is 9.18 Å². The zero-order chi connectivity index (χ0) is 15.7. The molecule has 0 saturated heterocycles. The van der Waals surface area contributed by atoms with E-state index in [0.717, 1.165) is 35.0 Å². The zero-order valence-corrected chi connectivity index (χ0v) is 13.3. The average molecular weight is 302 g/mol. The maximum Gasteiger partial charge on any atom is 0.227 e. The van der Waals surface area contributed by atoms with Crippen LogP contribution in [-0.2, 0) is 11.2 Å². The van der Waals surface area contributed by atoms with Crippen molar-refractivity contribution >= 4 is 16.8 Å². The first-order valence-electron chi connectivity index (χ1n) is 8.08. The van der Waals surface area contributed by atoms with E-state index in [0.29, 0.717) is 12.5 Å². The molecule has 4 heteroatoms. The first-order valence-corrected chi connectivity index (χ1v) is 8.08. The largest absolute Gasteiger partial charge is 0.358 e. The molecule has 0 aliphatic heterocycles. The second-order valence-electron chi connectivity index (χ2n) is 6.39. The summed E-state index contributed by atoms with van der Waals surface area (Å²) < 4.78 is 13.5. The maximum atomic E-state index is 13.5. The van der Waals surface area contributed by atoms with Crippen LogP contribution < -0.4 is 0 Å². The van der Waals surface area contributed by atoms with Crippen LogP contribution in [0.25, 0.3) is 10.9 Å². The summed E-state index contributed by atoms with van der Waals surface area (Å²) in [5, 5.41) is 0.822. The van der Waals surface area contributed by atoms with E-state index < -0.39 is 0 Å². The fourth-order valence-corrected chi connectivity index (χ4v) is 3.53. The van der Waals surface area contributed by atoms with Gasteiger partial charge in [-0.15, -0.1) is 0 Å². The van der Waals surface area contributed by atoms with Crippen LogP contribution in [0.1, 0.15) is 43.4 Å². The minimum Gasteiger partial charge on any atom is -0.358 e. The van der Waals surface area contributed by atoms with Gasteiger partial charge in [-0.05, 0) is 43.5 Å². The Kier molecular flexibility index (Phi) is 4.19. The molecule has 1 saturated carbocycles. The van der Waals surface area contributed by atoms with Crippen LogP contribution in [0.4, 0.5) is 4.39 Å². The quantitative estimate of drug-likeness (QED) is 0.915. The zero-order valence-electron chi connectivity index (χ0n) is 13.3. The van der Waals surface area contributed by atoms with Crippen molar-refractivity contribution in [3.8, 4) is 0 Å². The highest BCUT2D eigenvalue weighted by Gasteiger charge is 2.23. The molecule has 0 atom stereocenters. The molecule has 1 aromatic carbocycles. The lowest BCUT2D eigenvalue weighted by Crippen LogP contribution is -2.39. The molecule has 0 unspecified atom stereocenters. The lowest BCUT2D eigenvalue weighted by atomic mass is 9.94. The van der Waals surface area contributed by atoms with Gasteiger partial charge in [0.1, 0.15) is 5.82 Å². The number of H-pyrrole nitrogens is 1. The molecule has 3 rings (SSSR count). The Labute approximate surface area is 130 Å². The summed E-state index contributed by atoms with van der Waals surface area (Å²) in [6.45, 7) is 1.95. The van der Waals surface area contributed by atoms with Gasteiger partial charge in [0.2, 0.25) is 5.91 Å². The highest BCUT2D eigenvalue weighted by molar-refractivity contribution is 5.90. The highest BCUT2D eigenvalue weighted by Crippen LogP contribution is 2.26. The number of nitrogens with one attached hydrogen (secondary N) is 1. The van der Waals surface area contributed by atoms with Gasteiger partial charge in [0.25, 0.3) is 0 Å². The number of benzene rings is 1. The monoisotopic (exact) mass is 302 g/mol. The molecule has 3 nitrogen and oxygen atoms in total. The van der Waals surface area contributed by atoms with E-state index in [-0.39, 0.29) is 11.7 Å². The van der Waals surface area contributed by atoms with Crippen LogP contribution in [0.2, 0.25) is 0 Å². The summed E-state index contributed by atoms with van der Waals surface area (Å²) in [6, 6.07) is 5.06. The van der Waals surface area contributed by atoms with Crippen molar-refractivity contribution in [3.63, 3.8) is 0 Å². The number of carbonyl (C=O) groups is 1. The number of carbonyl (C=O) groups excluding carboxylic acids is 1. The van der Waals surface area contributed by atoms with E-state index in [1.807, 2.05) is 18.9 Å².